The standard InChI is InChI=1S/C30H31N5O4/c1-20-27(29(37)32-23-12-7-4-8-13-23)28(35-30(31-20)33-26(34-35)14-9-17-36)22-15-16-24(25(18-22)38-2)39-19-21-10-5-3-6-11-21/h3-8,10-13,15-16,18,28,36H,9,14,17,19H2,1-2H3,(H,32,37)(H,31,33,34). The highest BCUT2D eigenvalue weighted by Gasteiger charge is 2.35. The molecule has 2 heterocycles. The molecule has 1 aromatic heterocycles. The predicted octanol–water partition coefficient (Wildman–Crippen LogP) is 4.72. The van der Waals surface area contributed by atoms with E-state index in [9.17, 15) is 9.90 Å². The number of allylic oxidation sites excluding steroid dienone is 1. The molecule has 39 heavy (non-hydrogen) atoms. The van der Waals surface area contributed by atoms with E-state index >= 15 is 0 Å². The van der Waals surface area contributed by atoms with Crippen molar-refractivity contribution in [1.29, 1.82) is 0 Å². The molecule has 0 saturated carbocycles. The van der Waals surface area contributed by atoms with Crippen LogP contribution in [0.1, 0.15) is 36.3 Å². The molecule has 200 valence electrons. The number of amides is 1. The van der Waals surface area contributed by atoms with Crippen molar-refractivity contribution >= 4 is 17.5 Å². The SMILES string of the molecule is COc1cc(C2C(C(=O)Nc3ccccc3)=C(C)Nc3nc(CCCO)nn32)ccc1OCc1ccccc1. The highest BCUT2D eigenvalue weighted by atomic mass is 16.5. The van der Waals surface area contributed by atoms with Gasteiger partial charge in [-0.25, -0.2) is 4.68 Å². The van der Waals surface area contributed by atoms with Crippen molar-refractivity contribution in [2.45, 2.75) is 32.4 Å². The van der Waals surface area contributed by atoms with E-state index in [1.807, 2.05) is 85.8 Å². The van der Waals surface area contributed by atoms with Gasteiger partial charge in [-0.05, 0) is 48.7 Å². The van der Waals surface area contributed by atoms with Crippen LogP contribution < -0.4 is 20.1 Å². The number of rotatable bonds is 10. The van der Waals surface area contributed by atoms with Crippen molar-refractivity contribution in [3.63, 3.8) is 0 Å². The van der Waals surface area contributed by atoms with Gasteiger partial charge in [0.1, 0.15) is 12.6 Å². The van der Waals surface area contributed by atoms with Gasteiger partial charge < -0.3 is 25.2 Å². The molecular formula is C30H31N5O4. The molecule has 0 radical (unpaired) electrons. The second-order valence-corrected chi connectivity index (χ2v) is 9.19. The fourth-order valence-electron chi connectivity index (χ4n) is 4.57. The monoisotopic (exact) mass is 525 g/mol. The normalized spacial score (nSPS) is 14.4. The molecule has 9 heteroatoms. The number of fused-ring (bicyclic) bond motifs is 1. The minimum atomic E-state index is -0.572. The van der Waals surface area contributed by atoms with E-state index in [1.54, 1.807) is 11.8 Å². The summed E-state index contributed by atoms with van der Waals surface area (Å²) in [5, 5.41) is 20.3. The van der Waals surface area contributed by atoms with Crippen LogP contribution in [-0.4, -0.2) is 39.5 Å². The Hall–Kier alpha value is -4.63. The number of nitrogens with zero attached hydrogens (tertiary/aromatic N) is 3. The van der Waals surface area contributed by atoms with Gasteiger partial charge in [0.2, 0.25) is 5.95 Å². The summed E-state index contributed by atoms with van der Waals surface area (Å²) in [7, 11) is 1.59. The maximum atomic E-state index is 13.7. The molecule has 1 unspecified atom stereocenters. The maximum Gasteiger partial charge on any atom is 0.255 e. The Balaban J connectivity index is 1.51. The van der Waals surface area contributed by atoms with E-state index < -0.39 is 6.04 Å². The zero-order chi connectivity index (χ0) is 27.2. The summed E-state index contributed by atoms with van der Waals surface area (Å²) in [6.45, 7) is 2.30. The molecule has 0 bridgehead atoms. The van der Waals surface area contributed by atoms with Gasteiger partial charge in [-0.2, -0.15) is 10.1 Å². The molecule has 1 aliphatic heterocycles. The Labute approximate surface area is 227 Å². The largest absolute Gasteiger partial charge is 0.493 e. The van der Waals surface area contributed by atoms with E-state index in [0.717, 1.165) is 11.1 Å². The number of hydrogen-bond donors (Lipinski definition) is 3. The molecule has 4 aromatic rings. The lowest BCUT2D eigenvalue weighted by molar-refractivity contribution is -0.113. The van der Waals surface area contributed by atoms with Crippen molar-refractivity contribution in [3.05, 3.63) is 107 Å². The van der Waals surface area contributed by atoms with Gasteiger partial charge >= 0.3 is 0 Å². The summed E-state index contributed by atoms with van der Waals surface area (Å²) < 4.78 is 13.5. The van der Waals surface area contributed by atoms with E-state index in [4.69, 9.17) is 14.6 Å². The molecule has 1 aliphatic rings. The number of benzene rings is 3. The number of methoxy groups -OCH3 is 1. The number of aliphatic hydroxyl groups excluding tert-OH is 1. The molecule has 3 aromatic carbocycles. The number of aromatic nitrogens is 3. The van der Waals surface area contributed by atoms with Gasteiger partial charge in [-0.3, -0.25) is 4.79 Å². The first kappa shape index (κ1) is 26.0. The number of aliphatic hydroxyl groups is 1. The van der Waals surface area contributed by atoms with Crippen molar-refractivity contribution in [2.24, 2.45) is 0 Å². The lowest BCUT2D eigenvalue weighted by atomic mass is 9.94. The number of aryl methyl sites for hydroxylation is 1. The van der Waals surface area contributed by atoms with Gasteiger partial charge in [0.25, 0.3) is 5.91 Å². The van der Waals surface area contributed by atoms with E-state index in [2.05, 4.69) is 15.6 Å². The topological polar surface area (TPSA) is 111 Å². The van der Waals surface area contributed by atoms with E-state index in [0.29, 0.717) is 59.7 Å². The first-order chi connectivity index (χ1) is 19.1. The van der Waals surface area contributed by atoms with E-state index in [1.165, 1.54) is 0 Å². The molecule has 1 atom stereocenters. The second-order valence-electron chi connectivity index (χ2n) is 9.19. The summed E-state index contributed by atoms with van der Waals surface area (Å²) in [6.07, 6.45) is 1.06. The third-order valence-corrected chi connectivity index (χ3v) is 6.47. The fourth-order valence-corrected chi connectivity index (χ4v) is 4.57. The van der Waals surface area contributed by atoms with Gasteiger partial charge in [0, 0.05) is 24.4 Å². The molecule has 0 spiro atoms. The average Bonchev–Trinajstić information content (AvgIpc) is 3.37. The van der Waals surface area contributed by atoms with Crippen molar-refractivity contribution in [1.82, 2.24) is 14.8 Å². The molecule has 1 amide bonds. The van der Waals surface area contributed by atoms with Crippen LogP contribution in [0.5, 0.6) is 11.5 Å². The van der Waals surface area contributed by atoms with E-state index in [-0.39, 0.29) is 12.5 Å². The lowest BCUT2D eigenvalue weighted by Gasteiger charge is -2.29. The maximum absolute atomic E-state index is 13.7. The Morgan fingerprint density at radius 3 is 2.51 bits per heavy atom. The third kappa shape index (κ3) is 5.78. The highest BCUT2D eigenvalue weighted by Crippen LogP contribution is 2.39. The highest BCUT2D eigenvalue weighted by molar-refractivity contribution is 6.06. The van der Waals surface area contributed by atoms with Crippen LogP contribution in [0, 0.1) is 0 Å². The number of para-hydroxylation sites is 1. The zero-order valence-electron chi connectivity index (χ0n) is 21.9. The predicted molar refractivity (Wildman–Crippen MR) is 149 cm³/mol. The fraction of sp³-hybridized carbons (Fsp3) is 0.233. The molecule has 5 rings (SSSR count). The van der Waals surface area contributed by atoms with Crippen LogP contribution in [-0.2, 0) is 17.8 Å². The lowest BCUT2D eigenvalue weighted by Crippen LogP contribution is -2.31. The number of nitrogens with one attached hydrogen (secondary N) is 2. The Bertz CT molecular complexity index is 1470. The molecule has 3 N–H and O–H groups in total. The summed E-state index contributed by atoms with van der Waals surface area (Å²) >= 11 is 0. The summed E-state index contributed by atoms with van der Waals surface area (Å²) in [5.74, 6) is 2.01. The van der Waals surface area contributed by atoms with Gasteiger partial charge in [0.05, 0.1) is 12.7 Å². The summed E-state index contributed by atoms with van der Waals surface area (Å²) in [4.78, 5) is 18.3. The zero-order valence-corrected chi connectivity index (χ0v) is 21.9. The van der Waals surface area contributed by atoms with Crippen LogP contribution in [0.3, 0.4) is 0 Å². The number of hydrogen-bond acceptors (Lipinski definition) is 7. The van der Waals surface area contributed by atoms with Crippen LogP contribution in [0.2, 0.25) is 0 Å². The number of carbonyl (C=O) groups excluding carboxylic acids is 1. The quantitative estimate of drug-likeness (QED) is 0.275. The molecule has 0 fully saturated rings. The Kier molecular flexibility index (Phi) is 7.88. The van der Waals surface area contributed by atoms with Crippen LogP contribution in [0.25, 0.3) is 0 Å². The number of anilines is 2. The molecular weight excluding hydrogens is 494 g/mol. The van der Waals surface area contributed by atoms with Crippen molar-refractivity contribution in [2.75, 3.05) is 24.4 Å². The summed E-state index contributed by atoms with van der Waals surface area (Å²) in [6, 6.07) is 24.3. The summed E-state index contributed by atoms with van der Waals surface area (Å²) in [5.41, 5.74) is 3.70. The molecule has 9 nitrogen and oxygen atoms in total. The molecule has 0 saturated heterocycles. The van der Waals surface area contributed by atoms with Gasteiger partial charge in [0.15, 0.2) is 17.3 Å². The molecule has 0 aliphatic carbocycles. The average molecular weight is 526 g/mol. The van der Waals surface area contributed by atoms with Gasteiger partial charge in [-0.1, -0.05) is 54.6 Å². The second kappa shape index (κ2) is 11.8. The number of carbonyl (C=O) groups is 1. The minimum absolute atomic E-state index is 0.0460. The Morgan fingerprint density at radius 1 is 1.05 bits per heavy atom. The minimum Gasteiger partial charge on any atom is -0.493 e. The van der Waals surface area contributed by atoms with Crippen LogP contribution in [0.4, 0.5) is 11.6 Å². The Morgan fingerprint density at radius 2 is 1.79 bits per heavy atom. The van der Waals surface area contributed by atoms with Crippen molar-refractivity contribution in [3.8, 4) is 11.5 Å². The smallest absolute Gasteiger partial charge is 0.255 e. The first-order valence-electron chi connectivity index (χ1n) is 12.8. The van der Waals surface area contributed by atoms with Crippen LogP contribution in [0.15, 0.2) is 90.1 Å². The van der Waals surface area contributed by atoms with Gasteiger partial charge in [-0.15, -0.1) is 0 Å². The number of ether oxygens (including phenoxy) is 2. The first-order valence-corrected chi connectivity index (χ1v) is 12.8. The van der Waals surface area contributed by atoms with Crippen LogP contribution >= 0.6 is 0 Å². The van der Waals surface area contributed by atoms with Crippen molar-refractivity contribution < 1.29 is 19.4 Å². The third-order valence-electron chi connectivity index (χ3n) is 6.47.